The average molecular weight is 359 g/mol. The first-order chi connectivity index (χ1) is 13.2. The van der Waals surface area contributed by atoms with E-state index in [2.05, 4.69) is 5.32 Å². The Hall–Kier alpha value is -3.27. The van der Waals surface area contributed by atoms with Gasteiger partial charge in [0.05, 0.1) is 12.8 Å². The van der Waals surface area contributed by atoms with E-state index < -0.39 is 0 Å². The van der Waals surface area contributed by atoms with Crippen molar-refractivity contribution in [2.24, 2.45) is 5.92 Å². The first-order valence-corrected chi connectivity index (χ1v) is 9.01. The summed E-state index contributed by atoms with van der Waals surface area (Å²) in [6.07, 6.45) is 0.861. The van der Waals surface area contributed by atoms with Crippen molar-refractivity contribution in [3.8, 4) is 17.2 Å². The summed E-state index contributed by atoms with van der Waals surface area (Å²) < 4.78 is 11.1. The quantitative estimate of drug-likeness (QED) is 0.655. The van der Waals surface area contributed by atoms with Crippen LogP contribution in [-0.2, 0) is 4.79 Å². The third-order valence-corrected chi connectivity index (χ3v) is 4.79. The molecule has 1 aliphatic rings. The van der Waals surface area contributed by atoms with E-state index in [-0.39, 0.29) is 17.7 Å². The Bertz CT molecular complexity index is 922. The van der Waals surface area contributed by atoms with Crippen molar-refractivity contribution in [1.29, 1.82) is 0 Å². The molecule has 4 heteroatoms. The number of carbonyl (C=O) groups is 1. The monoisotopic (exact) mass is 359 g/mol. The van der Waals surface area contributed by atoms with Crippen LogP contribution in [0.1, 0.15) is 17.9 Å². The van der Waals surface area contributed by atoms with Crippen LogP contribution in [-0.4, -0.2) is 13.0 Å². The summed E-state index contributed by atoms with van der Waals surface area (Å²) in [6, 6.07) is 25.0. The highest BCUT2D eigenvalue weighted by Crippen LogP contribution is 2.48. The van der Waals surface area contributed by atoms with Crippen LogP contribution in [0.25, 0.3) is 0 Å². The summed E-state index contributed by atoms with van der Waals surface area (Å²) in [4.78, 5) is 12.7. The van der Waals surface area contributed by atoms with Crippen LogP contribution in [0.5, 0.6) is 17.2 Å². The van der Waals surface area contributed by atoms with Gasteiger partial charge in [0.1, 0.15) is 11.5 Å². The van der Waals surface area contributed by atoms with Crippen molar-refractivity contribution in [2.75, 3.05) is 12.4 Å². The first kappa shape index (κ1) is 17.2. The molecule has 1 saturated carbocycles. The molecular weight excluding hydrogens is 338 g/mol. The largest absolute Gasteiger partial charge is 0.497 e. The van der Waals surface area contributed by atoms with Crippen molar-refractivity contribution < 1.29 is 14.3 Å². The molecule has 2 unspecified atom stereocenters. The average Bonchev–Trinajstić information content (AvgIpc) is 3.51. The van der Waals surface area contributed by atoms with Gasteiger partial charge in [0.2, 0.25) is 5.91 Å². The molecule has 27 heavy (non-hydrogen) atoms. The normalized spacial score (nSPS) is 17.8. The second-order valence-electron chi connectivity index (χ2n) is 6.62. The maximum atomic E-state index is 12.7. The van der Waals surface area contributed by atoms with Gasteiger partial charge in [-0.2, -0.15) is 0 Å². The molecule has 3 aromatic carbocycles. The van der Waals surface area contributed by atoms with E-state index in [0.717, 1.165) is 17.9 Å². The molecule has 0 radical (unpaired) electrons. The van der Waals surface area contributed by atoms with Crippen molar-refractivity contribution in [3.05, 3.63) is 84.4 Å². The Balaban J connectivity index is 1.43. The molecule has 0 aromatic heterocycles. The van der Waals surface area contributed by atoms with Gasteiger partial charge in [0.25, 0.3) is 0 Å². The summed E-state index contributed by atoms with van der Waals surface area (Å²) >= 11 is 0. The minimum atomic E-state index is -0.0109. The molecule has 0 aliphatic heterocycles. The maximum absolute atomic E-state index is 12.7. The van der Waals surface area contributed by atoms with Crippen LogP contribution >= 0.6 is 0 Å². The minimum Gasteiger partial charge on any atom is -0.497 e. The van der Waals surface area contributed by atoms with E-state index in [1.54, 1.807) is 7.11 Å². The summed E-state index contributed by atoms with van der Waals surface area (Å²) in [7, 11) is 1.65. The van der Waals surface area contributed by atoms with Gasteiger partial charge in [-0.1, -0.05) is 42.5 Å². The molecule has 4 rings (SSSR count). The highest BCUT2D eigenvalue weighted by atomic mass is 16.5. The zero-order valence-electron chi connectivity index (χ0n) is 15.1. The van der Waals surface area contributed by atoms with E-state index in [9.17, 15) is 4.79 Å². The van der Waals surface area contributed by atoms with E-state index in [1.807, 2.05) is 78.9 Å². The van der Waals surface area contributed by atoms with Crippen LogP contribution in [0.4, 0.5) is 5.69 Å². The Morgan fingerprint density at radius 1 is 0.889 bits per heavy atom. The topological polar surface area (TPSA) is 47.6 Å². The van der Waals surface area contributed by atoms with Gasteiger partial charge in [0.15, 0.2) is 5.75 Å². The molecule has 0 saturated heterocycles. The number of nitrogens with one attached hydrogen (secondary N) is 1. The Labute approximate surface area is 158 Å². The Kier molecular flexibility index (Phi) is 4.79. The van der Waals surface area contributed by atoms with Gasteiger partial charge in [-0.25, -0.2) is 0 Å². The van der Waals surface area contributed by atoms with Gasteiger partial charge in [-0.05, 0) is 54.3 Å². The Morgan fingerprint density at radius 2 is 1.59 bits per heavy atom. The standard InChI is InChI=1S/C23H21NO3/c1-26-17-13-11-16(12-14-17)19-15-20(19)23(25)24-21-9-5-6-10-22(21)27-18-7-3-2-4-8-18/h2-14,19-20H,15H2,1H3,(H,24,25). The zero-order chi connectivity index (χ0) is 18.6. The number of anilines is 1. The molecule has 0 spiro atoms. The van der Waals surface area contributed by atoms with Crippen LogP contribution < -0.4 is 14.8 Å². The lowest BCUT2D eigenvalue weighted by atomic mass is 10.1. The molecule has 1 fully saturated rings. The van der Waals surface area contributed by atoms with Gasteiger partial charge >= 0.3 is 0 Å². The number of methoxy groups -OCH3 is 1. The Morgan fingerprint density at radius 3 is 2.33 bits per heavy atom. The molecule has 136 valence electrons. The van der Waals surface area contributed by atoms with Gasteiger partial charge in [-0.15, -0.1) is 0 Å². The number of para-hydroxylation sites is 3. The van der Waals surface area contributed by atoms with Crippen LogP contribution in [0, 0.1) is 5.92 Å². The van der Waals surface area contributed by atoms with Crippen molar-refractivity contribution >= 4 is 11.6 Å². The highest BCUT2D eigenvalue weighted by molar-refractivity contribution is 5.96. The summed E-state index contributed by atoms with van der Waals surface area (Å²) in [5.41, 5.74) is 1.86. The fourth-order valence-electron chi connectivity index (χ4n) is 3.20. The first-order valence-electron chi connectivity index (χ1n) is 9.01. The fraction of sp³-hybridized carbons (Fsp3) is 0.174. The molecule has 2 atom stereocenters. The number of ether oxygens (including phenoxy) is 2. The lowest BCUT2D eigenvalue weighted by Crippen LogP contribution is -2.15. The number of rotatable bonds is 6. The number of hydrogen-bond acceptors (Lipinski definition) is 3. The predicted molar refractivity (Wildman–Crippen MR) is 105 cm³/mol. The summed E-state index contributed by atoms with van der Waals surface area (Å²) in [6.45, 7) is 0. The molecule has 4 nitrogen and oxygen atoms in total. The zero-order valence-corrected chi connectivity index (χ0v) is 15.1. The van der Waals surface area contributed by atoms with E-state index in [1.165, 1.54) is 5.56 Å². The summed E-state index contributed by atoms with van der Waals surface area (Å²) in [5.74, 6) is 2.48. The molecular formula is C23H21NO3. The lowest BCUT2D eigenvalue weighted by molar-refractivity contribution is -0.117. The van der Waals surface area contributed by atoms with E-state index in [4.69, 9.17) is 9.47 Å². The maximum Gasteiger partial charge on any atom is 0.228 e. The molecule has 0 heterocycles. The third kappa shape index (κ3) is 3.95. The molecule has 3 aromatic rings. The van der Waals surface area contributed by atoms with Gasteiger partial charge in [0, 0.05) is 5.92 Å². The number of amides is 1. The minimum absolute atomic E-state index is 0.0109. The number of benzene rings is 3. The van der Waals surface area contributed by atoms with E-state index in [0.29, 0.717) is 11.4 Å². The predicted octanol–water partition coefficient (Wildman–Crippen LogP) is 5.23. The molecule has 0 bridgehead atoms. The summed E-state index contributed by atoms with van der Waals surface area (Å²) in [5, 5.41) is 3.03. The number of hydrogen-bond donors (Lipinski definition) is 1. The van der Waals surface area contributed by atoms with Gasteiger partial charge < -0.3 is 14.8 Å². The second kappa shape index (κ2) is 7.54. The molecule has 1 N–H and O–H groups in total. The second-order valence-corrected chi connectivity index (χ2v) is 6.62. The molecule has 1 amide bonds. The highest BCUT2D eigenvalue weighted by Gasteiger charge is 2.44. The number of carbonyl (C=O) groups excluding carboxylic acids is 1. The molecule has 1 aliphatic carbocycles. The third-order valence-electron chi connectivity index (χ3n) is 4.79. The van der Waals surface area contributed by atoms with Crippen LogP contribution in [0.3, 0.4) is 0 Å². The SMILES string of the molecule is COc1ccc(C2CC2C(=O)Nc2ccccc2Oc2ccccc2)cc1. The fourth-order valence-corrected chi connectivity index (χ4v) is 3.20. The van der Waals surface area contributed by atoms with Crippen LogP contribution in [0.2, 0.25) is 0 Å². The lowest BCUT2D eigenvalue weighted by Gasteiger charge is -2.12. The van der Waals surface area contributed by atoms with Crippen LogP contribution in [0.15, 0.2) is 78.9 Å². The van der Waals surface area contributed by atoms with Crippen molar-refractivity contribution in [1.82, 2.24) is 0 Å². The van der Waals surface area contributed by atoms with Crippen molar-refractivity contribution in [3.63, 3.8) is 0 Å². The van der Waals surface area contributed by atoms with E-state index >= 15 is 0 Å². The van der Waals surface area contributed by atoms with Gasteiger partial charge in [-0.3, -0.25) is 4.79 Å². The smallest absolute Gasteiger partial charge is 0.228 e. The van der Waals surface area contributed by atoms with Crippen molar-refractivity contribution in [2.45, 2.75) is 12.3 Å².